The first kappa shape index (κ1) is 80.6. The van der Waals surface area contributed by atoms with Gasteiger partial charge in [-0.2, -0.15) is 0 Å². The summed E-state index contributed by atoms with van der Waals surface area (Å²) in [5.41, 5.74) is 0. The Labute approximate surface area is 514 Å². The maximum atomic E-state index is 12.6. The van der Waals surface area contributed by atoms with Crippen molar-refractivity contribution in [2.24, 2.45) is 0 Å². The van der Waals surface area contributed by atoms with Crippen LogP contribution < -0.4 is 5.32 Å². The second kappa shape index (κ2) is 72.1. The van der Waals surface area contributed by atoms with Gasteiger partial charge >= 0.3 is 5.97 Å². The van der Waals surface area contributed by atoms with Gasteiger partial charge in [0, 0.05) is 12.8 Å². The smallest absolute Gasteiger partial charge is 0.305 e. The molecule has 488 valence electrons. The molecule has 2 unspecified atom stereocenters. The van der Waals surface area contributed by atoms with Crippen LogP contribution in [0.5, 0.6) is 0 Å². The fraction of sp³-hybridized carbons (Fsp3) is 0.947. The molecule has 0 radical (unpaired) electrons. The number of unbranched alkanes of at least 4 members (excludes halogenated alkanes) is 59. The number of ether oxygens (including phenoxy) is 1. The summed E-state index contributed by atoms with van der Waals surface area (Å²) in [6.07, 6.45) is 89.9. The highest BCUT2D eigenvalue weighted by molar-refractivity contribution is 5.76. The van der Waals surface area contributed by atoms with E-state index in [9.17, 15) is 19.8 Å². The monoisotopic (exact) mass is 1160 g/mol. The van der Waals surface area contributed by atoms with Gasteiger partial charge in [-0.05, 0) is 51.4 Å². The molecule has 0 aromatic heterocycles. The average Bonchev–Trinajstić information content (AvgIpc) is 3.48. The van der Waals surface area contributed by atoms with Crippen molar-refractivity contribution in [3.8, 4) is 0 Å². The van der Waals surface area contributed by atoms with Crippen LogP contribution >= 0.6 is 0 Å². The molecule has 0 spiro atoms. The van der Waals surface area contributed by atoms with Crippen molar-refractivity contribution in [1.82, 2.24) is 5.32 Å². The molecule has 6 heteroatoms. The molecule has 0 aliphatic carbocycles. The van der Waals surface area contributed by atoms with Crippen molar-refractivity contribution in [3.63, 3.8) is 0 Å². The highest BCUT2D eigenvalue weighted by atomic mass is 16.5. The summed E-state index contributed by atoms with van der Waals surface area (Å²) >= 11 is 0. The Morgan fingerprint density at radius 3 is 0.866 bits per heavy atom. The van der Waals surface area contributed by atoms with Gasteiger partial charge in [0.15, 0.2) is 0 Å². The van der Waals surface area contributed by atoms with E-state index in [-0.39, 0.29) is 18.5 Å². The van der Waals surface area contributed by atoms with E-state index < -0.39 is 12.1 Å². The Hall–Kier alpha value is -1.40. The van der Waals surface area contributed by atoms with Gasteiger partial charge in [-0.15, -0.1) is 0 Å². The lowest BCUT2D eigenvalue weighted by Gasteiger charge is -2.22. The first-order valence-electron chi connectivity index (χ1n) is 37.9. The average molecular weight is 1160 g/mol. The van der Waals surface area contributed by atoms with Crippen molar-refractivity contribution in [1.29, 1.82) is 0 Å². The van der Waals surface area contributed by atoms with Gasteiger partial charge in [0.05, 0.1) is 25.4 Å². The first-order chi connectivity index (χ1) is 40.5. The van der Waals surface area contributed by atoms with Gasteiger partial charge in [0.25, 0.3) is 0 Å². The summed E-state index contributed by atoms with van der Waals surface area (Å²) in [5, 5.41) is 23.4. The summed E-state index contributed by atoms with van der Waals surface area (Å²) in [6.45, 7) is 5.01. The molecule has 3 N–H and O–H groups in total. The minimum Gasteiger partial charge on any atom is -0.466 e. The third-order valence-corrected chi connectivity index (χ3v) is 18.1. The number of amides is 1. The van der Waals surface area contributed by atoms with E-state index in [1.54, 1.807) is 0 Å². The molecule has 0 aliphatic rings. The predicted octanol–water partition coefficient (Wildman–Crippen LogP) is 24.7. The molecule has 0 rings (SSSR count). The molecular formula is C76H149NO5. The van der Waals surface area contributed by atoms with Crippen LogP contribution in [-0.2, 0) is 14.3 Å². The van der Waals surface area contributed by atoms with E-state index in [4.69, 9.17) is 4.74 Å². The largest absolute Gasteiger partial charge is 0.466 e. The molecule has 0 saturated carbocycles. The van der Waals surface area contributed by atoms with Crippen LogP contribution in [0.1, 0.15) is 438 Å². The van der Waals surface area contributed by atoms with Crippen LogP contribution in [0.25, 0.3) is 0 Å². The van der Waals surface area contributed by atoms with Crippen molar-refractivity contribution in [3.05, 3.63) is 12.2 Å². The molecule has 0 heterocycles. The normalized spacial score (nSPS) is 12.5. The number of carbonyl (C=O) groups is 2. The van der Waals surface area contributed by atoms with E-state index in [1.807, 2.05) is 0 Å². The number of esters is 1. The van der Waals surface area contributed by atoms with Crippen molar-refractivity contribution < 1.29 is 24.5 Å². The third-order valence-electron chi connectivity index (χ3n) is 18.1. The molecule has 0 saturated heterocycles. The summed E-state index contributed by atoms with van der Waals surface area (Å²) < 4.78 is 5.51. The Kier molecular flexibility index (Phi) is 70.8. The van der Waals surface area contributed by atoms with E-state index in [0.29, 0.717) is 25.9 Å². The highest BCUT2D eigenvalue weighted by Gasteiger charge is 2.20. The van der Waals surface area contributed by atoms with Gasteiger partial charge < -0.3 is 20.3 Å². The van der Waals surface area contributed by atoms with Crippen LogP contribution in [0.15, 0.2) is 12.2 Å². The molecule has 0 aromatic rings. The quantitative estimate of drug-likeness (QED) is 0.0320. The van der Waals surface area contributed by atoms with Gasteiger partial charge in [0.2, 0.25) is 5.91 Å². The summed E-state index contributed by atoms with van der Waals surface area (Å²) in [6, 6.07) is -0.544. The van der Waals surface area contributed by atoms with E-state index in [2.05, 4.69) is 31.3 Å². The molecule has 0 fully saturated rings. The van der Waals surface area contributed by atoms with Crippen molar-refractivity contribution >= 4 is 11.9 Å². The lowest BCUT2D eigenvalue weighted by atomic mass is 10.0. The zero-order chi connectivity index (χ0) is 59.2. The van der Waals surface area contributed by atoms with E-state index in [0.717, 1.165) is 38.5 Å². The summed E-state index contributed by atoms with van der Waals surface area (Å²) in [7, 11) is 0. The third kappa shape index (κ3) is 67.7. The van der Waals surface area contributed by atoms with Crippen LogP contribution in [0, 0.1) is 0 Å². The van der Waals surface area contributed by atoms with E-state index >= 15 is 0 Å². The lowest BCUT2D eigenvalue weighted by molar-refractivity contribution is -0.143. The maximum absolute atomic E-state index is 12.6. The Bertz CT molecular complexity index is 1240. The standard InChI is InChI=1S/C76H149NO5/c1-3-5-7-9-11-13-15-17-19-21-22-23-30-33-37-40-44-48-52-56-60-64-68-74(79)73(72-78)77-75(80)69-65-61-57-53-49-45-41-38-34-31-28-26-24-25-27-29-32-35-39-43-47-51-55-59-63-67-71-82-76(81)70-66-62-58-54-50-46-42-36-20-18-16-14-12-10-8-6-4-2/h24,26,73-74,78-79H,3-23,25,27-72H2,1-2H3,(H,77,80)/b26-24-. The Morgan fingerprint density at radius 2 is 0.573 bits per heavy atom. The molecule has 0 aliphatic heterocycles. The van der Waals surface area contributed by atoms with E-state index in [1.165, 1.54) is 366 Å². The van der Waals surface area contributed by atoms with Crippen molar-refractivity contribution in [2.75, 3.05) is 13.2 Å². The Morgan fingerprint density at radius 1 is 0.329 bits per heavy atom. The molecule has 82 heavy (non-hydrogen) atoms. The second-order valence-corrected chi connectivity index (χ2v) is 26.3. The molecule has 0 aromatic carbocycles. The molecular weight excluding hydrogens is 1010 g/mol. The minimum atomic E-state index is -0.666. The fourth-order valence-electron chi connectivity index (χ4n) is 12.3. The van der Waals surface area contributed by atoms with Crippen LogP contribution in [0.4, 0.5) is 0 Å². The Balaban J connectivity index is 3.37. The van der Waals surface area contributed by atoms with Crippen LogP contribution in [-0.4, -0.2) is 47.4 Å². The van der Waals surface area contributed by atoms with Gasteiger partial charge in [-0.1, -0.05) is 386 Å². The van der Waals surface area contributed by atoms with Gasteiger partial charge in [0.1, 0.15) is 0 Å². The number of aliphatic hydroxyl groups is 2. The number of carbonyl (C=O) groups excluding carboxylic acids is 2. The highest BCUT2D eigenvalue weighted by Crippen LogP contribution is 2.20. The zero-order valence-electron chi connectivity index (χ0n) is 56.0. The number of allylic oxidation sites excluding steroid dienone is 2. The topological polar surface area (TPSA) is 95.9 Å². The first-order valence-corrected chi connectivity index (χ1v) is 37.9. The number of hydrogen-bond donors (Lipinski definition) is 3. The number of aliphatic hydroxyl groups excluding tert-OH is 2. The predicted molar refractivity (Wildman–Crippen MR) is 361 cm³/mol. The van der Waals surface area contributed by atoms with Crippen molar-refractivity contribution in [2.45, 2.75) is 450 Å². The molecule has 1 amide bonds. The molecule has 2 atom stereocenters. The SMILES string of the molecule is CCCCCCCCCCCCCCCCCCCCCCCCC(O)C(CO)NC(=O)CCCCCCCCCCCC/C=C\CCCCCCCCCCCCCCOC(=O)CCCCCCCCCCCCCCCCCCC. The van der Waals surface area contributed by atoms with Crippen LogP contribution in [0.3, 0.4) is 0 Å². The number of hydrogen-bond acceptors (Lipinski definition) is 5. The number of rotatable bonds is 72. The summed E-state index contributed by atoms with van der Waals surface area (Å²) in [5.74, 6) is -0.0117. The lowest BCUT2D eigenvalue weighted by Crippen LogP contribution is -2.45. The van der Waals surface area contributed by atoms with Gasteiger partial charge in [-0.3, -0.25) is 9.59 Å². The second-order valence-electron chi connectivity index (χ2n) is 26.3. The molecule has 0 bridgehead atoms. The number of nitrogens with one attached hydrogen (secondary N) is 1. The van der Waals surface area contributed by atoms with Gasteiger partial charge in [-0.25, -0.2) is 0 Å². The summed E-state index contributed by atoms with van der Waals surface area (Å²) in [4.78, 5) is 24.7. The fourth-order valence-corrected chi connectivity index (χ4v) is 12.3. The van der Waals surface area contributed by atoms with Crippen LogP contribution in [0.2, 0.25) is 0 Å². The molecule has 6 nitrogen and oxygen atoms in total. The minimum absolute atomic E-state index is 0.0197. The maximum Gasteiger partial charge on any atom is 0.305 e. The zero-order valence-corrected chi connectivity index (χ0v) is 56.0.